The molecule has 1 spiro atoms. The van der Waals surface area contributed by atoms with Crippen LogP contribution in [0.25, 0.3) is 0 Å². The van der Waals surface area contributed by atoms with Gasteiger partial charge in [0.15, 0.2) is 6.10 Å². The smallest absolute Gasteiger partial charge is 0.333 e. The van der Waals surface area contributed by atoms with Crippen molar-refractivity contribution in [2.75, 3.05) is 6.54 Å². The van der Waals surface area contributed by atoms with Gasteiger partial charge >= 0.3 is 5.97 Å². The van der Waals surface area contributed by atoms with Crippen LogP contribution in [0.3, 0.4) is 0 Å². The number of ether oxygens (including phenoxy) is 1. The van der Waals surface area contributed by atoms with Crippen molar-refractivity contribution in [3.8, 4) is 0 Å². The average Bonchev–Trinajstić information content (AvgIpc) is 2.29. The molecule has 2 atom stereocenters. The van der Waals surface area contributed by atoms with E-state index in [9.17, 15) is 4.79 Å². The molecular formula is C7H11NO3. The third kappa shape index (κ3) is 1.02. The fraction of sp³-hybridized carbons (Fsp3) is 0.857. The molecule has 4 nitrogen and oxygen atoms in total. The molecule has 2 heterocycles. The zero-order valence-electron chi connectivity index (χ0n) is 6.17. The van der Waals surface area contributed by atoms with Gasteiger partial charge < -0.3 is 9.84 Å². The van der Waals surface area contributed by atoms with Crippen LogP contribution in [0, 0.1) is 0 Å². The lowest BCUT2D eigenvalue weighted by molar-refractivity contribution is -0.224. The van der Waals surface area contributed by atoms with Gasteiger partial charge in [0.1, 0.15) is 5.72 Å². The van der Waals surface area contributed by atoms with Crippen molar-refractivity contribution in [1.82, 2.24) is 5.32 Å². The van der Waals surface area contributed by atoms with E-state index in [4.69, 9.17) is 9.84 Å². The van der Waals surface area contributed by atoms with Crippen LogP contribution in [0.1, 0.15) is 19.3 Å². The highest BCUT2D eigenvalue weighted by atomic mass is 16.6. The van der Waals surface area contributed by atoms with Crippen molar-refractivity contribution in [1.29, 1.82) is 0 Å². The fourth-order valence-electron chi connectivity index (χ4n) is 1.75. The molecule has 0 aromatic rings. The molecule has 0 aromatic heterocycles. The zero-order chi connectivity index (χ0) is 7.90. The SMILES string of the molecule is O=C(O)C1CC2(CCCN2)O1. The summed E-state index contributed by atoms with van der Waals surface area (Å²) in [6.45, 7) is 0.951. The fourth-order valence-corrected chi connectivity index (χ4v) is 1.75. The molecule has 62 valence electrons. The number of hydrogen-bond donors (Lipinski definition) is 2. The molecule has 11 heavy (non-hydrogen) atoms. The lowest BCUT2D eigenvalue weighted by Gasteiger charge is -2.43. The molecule has 2 aliphatic rings. The minimum atomic E-state index is -0.843. The number of hydrogen-bond acceptors (Lipinski definition) is 3. The van der Waals surface area contributed by atoms with Gasteiger partial charge in [-0.2, -0.15) is 0 Å². The Morgan fingerprint density at radius 1 is 1.73 bits per heavy atom. The van der Waals surface area contributed by atoms with Gasteiger partial charge in [-0.1, -0.05) is 0 Å². The van der Waals surface area contributed by atoms with E-state index in [1.165, 1.54) is 0 Å². The Balaban J connectivity index is 1.91. The Hall–Kier alpha value is -0.610. The normalized spacial score (nSPS) is 42.4. The van der Waals surface area contributed by atoms with Gasteiger partial charge in [-0.3, -0.25) is 5.32 Å². The van der Waals surface area contributed by atoms with Crippen molar-refractivity contribution in [2.24, 2.45) is 0 Å². The standard InChI is InChI=1S/C7H11NO3/c9-6(10)5-4-7(11-5)2-1-3-8-7/h5,8H,1-4H2,(H,9,10). The first-order valence-electron chi connectivity index (χ1n) is 3.88. The van der Waals surface area contributed by atoms with Gasteiger partial charge in [-0.15, -0.1) is 0 Å². The van der Waals surface area contributed by atoms with Crippen LogP contribution in [-0.2, 0) is 9.53 Å². The van der Waals surface area contributed by atoms with Crippen LogP contribution in [0.15, 0.2) is 0 Å². The maximum absolute atomic E-state index is 10.4. The number of rotatable bonds is 1. The van der Waals surface area contributed by atoms with Gasteiger partial charge in [0, 0.05) is 6.42 Å². The molecule has 2 rings (SSSR count). The molecule has 0 radical (unpaired) electrons. The van der Waals surface area contributed by atoms with Gasteiger partial charge in [-0.05, 0) is 19.4 Å². The van der Waals surface area contributed by atoms with E-state index in [1.54, 1.807) is 0 Å². The van der Waals surface area contributed by atoms with Gasteiger partial charge in [0.25, 0.3) is 0 Å². The molecule has 2 aliphatic heterocycles. The van der Waals surface area contributed by atoms with Crippen LogP contribution in [0.5, 0.6) is 0 Å². The highest BCUT2D eigenvalue weighted by Gasteiger charge is 2.50. The molecule has 2 unspecified atom stereocenters. The van der Waals surface area contributed by atoms with Crippen molar-refractivity contribution in [3.05, 3.63) is 0 Å². The molecule has 0 bridgehead atoms. The molecular weight excluding hydrogens is 146 g/mol. The Morgan fingerprint density at radius 3 is 2.91 bits per heavy atom. The van der Waals surface area contributed by atoms with E-state index < -0.39 is 12.1 Å². The molecule has 0 amide bonds. The summed E-state index contributed by atoms with van der Waals surface area (Å²) in [6, 6.07) is 0. The van der Waals surface area contributed by atoms with Crippen LogP contribution in [0.2, 0.25) is 0 Å². The summed E-state index contributed by atoms with van der Waals surface area (Å²) in [5.41, 5.74) is -0.261. The first-order valence-corrected chi connectivity index (χ1v) is 3.88. The first kappa shape index (κ1) is 7.06. The number of nitrogens with one attached hydrogen (secondary N) is 1. The van der Waals surface area contributed by atoms with E-state index in [0.29, 0.717) is 6.42 Å². The molecule has 0 saturated carbocycles. The van der Waals surface area contributed by atoms with E-state index in [2.05, 4.69) is 5.32 Å². The van der Waals surface area contributed by atoms with Crippen LogP contribution < -0.4 is 5.32 Å². The summed E-state index contributed by atoms with van der Waals surface area (Å²) >= 11 is 0. The molecule has 2 N–H and O–H groups in total. The van der Waals surface area contributed by atoms with Crippen molar-refractivity contribution < 1.29 is 14.6 Å². The lowest BCUT2D eigenvalue weighted by atomic mass is 9.96. The highest BCUT2D eigenvalue weighted by molar-refractivity contribution is 5.73. The van der Waals surface area contributed by atoms with Crippen molar-refractivity contribution in [2.45, 2.75) is 31.1 Å². The van der Waals surface area contributed by atoms with Crippen LogP contribution in [0.4, 0.5) is 0 Å². The number of carbonyl (C=O) groups is 1. The lowest BCUT2D eigenvalue weighted by Crippen LogP contribution is -2.59. The summed E-state index contributed by atoms with van der Waals surface area (Å²) in [7, 11) is 0. The van der Waals surface area contributed by atoms with Gasteiger partial charge in [-0.25, -0.2) is 4.79 Å². The van der Waals surface area contributed by atoms with Crippen LogP contribution >= 0.6 is 0 Å². The van der Waals surface area contributed by atoms with E-state index in [-0.39, 0.29) is 5.72 Å². The predicted molar refractivity (Wildman–Crippen MR) is 37.1 cm³/mol. The van der Waals surface area contributed by atoms with Crippen LogP contribution in [-0.4, -0.2) is 29.4 Å². The predicted octanol–water partition coefficient (Wildman–Crippen LogP) is -0.0604. The second kappa shape index (κ2) is 2.19. The quantitative estimate of drug-likeness (QED) is 0.559. The Morgan fingerprint density at radius 2 is 2.45 bits per heavy atom. The third-order valence-electron chi connectivity index (χ3n) is 2.36. The maximum atomic E-state index is 10.4. The molecule has 4 heteroatoms. The monoisotopic (exact) mass is 157 g/mol. The largest absolute Gasteiger partial charge is 0.479 e. The molecule has 0 aliphatic carbocycles. The van der Waals surface area contributed by atoms with E-state index in [1.807, 2.05) is 0 Å². The summed E-state index contributed by atoms with van der Waals surface area (Å²) in [4.78, 5) is 10.4. The minimum absolute atomic E-state index is 0.261. The molecule has 2 saturated heterocycles. The molecule has 0 aromatic carbocycles. The second-order valence-corrected chi connectivity index (χ2v) is 3.17. The van der Waals surface area contributed by atoms with Crippen molar-refractivity contribution >= 4 is 5.97 Å². The van der Waals surface area contributed by atoms with Crippen molar-refractivity contribution in [3.63, 3.8) is 0 Å². The Kier molecular flexibility index (Phi) is 1.40. The third-order valence-corrected chi connectivity index (χ3v) is 2.36. The summed E-state index contributed by atoms with van der Waals surface area (Å²) in [5, 5.41) is 11.7. The van der Waals surface area contributed by atoms with Gasteiger partial charge in [0.05, 0.1) is 0 Å². The summed E-state index contributed by atoms with van der Waals surface area (Å²) in [5.74, 6) is -0.843. The topological polar surface area (TPSA) is 58.6 Å². The molecule has 2 fully saturated rings. The van der Waals surface area contributed by atoms with Gasteiger partial charge in [0.2, 0.25) is 0 Å². The number of aliphatic carboxylic acids is 1. The minimum Gasteiger partial charge on any atom is -0.479 e. The Bertz CT molecular complexity index is 178. The summed E-state index contributed by atoms with van der Waals surface area (Å²) in [6.07, 6.45) is 2.10. The first-order chi connectivity index (χ1) is 5.22. The second-order valence-electron chi connectivity index (χ2n) is 3.17. The Labute approximate surface area is 64.5 Å². The number of carboxylic acid groups (broad SMARTS) is 1. The highest BCUT2D eigenvalue weighted by Crippen LogP contribution is 2.37. The average molecular weight is 157 g/mol. The number of carboxylic acids is 1. The van der Waals surface area contributed by atoms with E-state index >= 15 is 0 Å². The van der Waals surface area contributed by atoms with E-state index in [0.717, 1.165) is 19.4 Å². The maximum Gasteiger partial charge on any atom is 0.333 e. The zero-order valence-corrected chi connectivity index (χ0v) is 6.17. The summed E-state index contributed by atoms with van der Waals surface area (Å²) < 4.78 is 5.24.